The monoisotopic (exact) mass is 472 g/mol. The molecule has 0 radical (unpaired) electrons. The summed E-state index contributed by atoms with van der Waals surface area (Å²) in [5, 5.41) is 6.41. The molecule has 0 N–H and O–H groups in total. The number of hydrogen-bond donors (Lipinski definition) is 0. The molecule has 5 rings (SSSR count). The summed E-state index contributed by atoms with van der Waals surface area (Å²) in [6.45, 7) is 4.29. The first-order valence-electron chi connectivity index (χ1n) is 12.0. The Morgan fingerprint density at radius 3 is 1.83 bits per heavy atom. The quantitative estimate of drug-likeness (QED) is 0.230. The van der Waals surface area contributed by atoms with Crippen LogP contribution in [-0.4, -0.2) is 7.11 Å². The molecule has 0 heterocycles. The van der Waals surface area contributed by atoms with E-state index in [-0.39, 0.29) is 0 Å². The van der Waals surface area contributed by atoms with Crippen LogP contribution in [0.5, 0.6) is 5.75 Å². The molecule has 0 aliphatic heterocycles. The fraction of sp³-hybridized carbons (Fsp3) is 0.0909. The van der Waals surface area contributed by atoms with Gasteiger partial charge in [0.25, 0.3) is 0 Å². The van der Waals surface area contributed by atoms with E-state index in [9.17, 15) is 0 Å². The van der Waals surface area contributed by atoms with Crippen LogP contribution in [0, 0.1) is 0 Å². The molecule has 35 heavy (non-hydrogen) atoms. The van der Waals surface area contributed by atoms with Crippen molar-refractivity contribution in [1.82, 2.24) is 0 Å². The molecule has 2 heteroatoms. The van der Waals surface area contributed by atoms with Gasteiger partial charge in [0.15, 0.2) is 0 Å². The molecule has 0 aliphatic carbocycles. The van der Waals surface area contributed by atoms with E-state index in [1.54, 1.807) is 7.11 Å². The minimum Gasteiger partial charge on any atom is -0.496 e. The van der Waals surface area contributed by atoms with Gasteiger partial charge in [0.2, 0.25) is 0 Å². The van der Waals surface area contributed by atoms with Gasteiger partial charge in [-0.1, -0.05) is 115 Å². The van der Waals surface area contributed by atoms with Crippen LogP contribution < -0.4 is 20.7 Å². The molecule has 0 atom stereocenters. The van der Waals surface area contributed by atoms with Crippen LogP contribution in [0.4, 0.5) is 0 Å². The van der Waals surface area contributed by atoms with Crippen LogP contribution in [0.1, 0.15) is 19.4 Å². The smallest absolute Gasteiger partial charge is 0.127 e. The van der Waals surface area contributed by atoms with Crippen molar-refractivity contribution in [3.8, 4) is 16.9 Å². The Bertz CT molecular complexity index is 1450. The SMILES string of the molecule is CC=C(C)c1cc(OC)c2ccccc2c1-c1ccccc1P(c1ccccc1)c1ccccc1. The number of fused-ring (bicyclic) bond motifs is 1. The lowest BCUT2D eigenvalue weighted by Crippen LogP contribution is -2.22. The number of benzene rings is 5. The lowest BCUT2D eigenvalue weighted by Gasteiger charge is -2.25. The Labute approximate surface area is 209 Å². The number of allylic oxidation sites excluding steroid dienone is 2. The van der Waals surface area contributed by atoms with Crippen molar-refractivity contribution in [1.29, 1.82) is 0 Å². The summed E-state index contributed by atoms with van der Waals surface area (Å²) in [6.07, 6.45) is 2.19. The van der Waals surface area contributed by atoms with Crippen molar-refractivity contribution in [2.24, 2.45) is 0 Å². The van der Waals surface area contributed by atoms with Gasteiger partial charge < -0.3 is 4.74 Å². The molecule has 0 spiro atoms. The lowest BCUT2D eigenvalue weighted by molar-refractivity contribution is 0.419. The highest BCUT2D eigenvalue weighted by atomic mass is 31.1. The van der Waals surface area contributed by atoms with E-state index in [0.717, 1.165) is 11.1 Å². The Balaban J connectivity index is 1.87. The molecule has 0 amide bonds. The maximum Gasteiger partial charge on any atom is 0.127 e. The highest BCUT2D eigenvalue weighted by molar-refractivity contribution is 7.80. The number of rotatable bonds is 6. The second kappa shape index (κ2) is 10.3. The average Bonchev–Trinajstić information content (AvgIpc) is 2.93. The summed E-state index contributed by atoms with van der Waals surface area (Å²) in [5.74, 6) is 0.909. The highest BCUT2D eigenvalue weighted by Crippen LogP contribution is 2.44. The van der Waals surface area contributed by atoms with Crippen molar-refractivity contribution in [3.05, 3.63) is 127 Å². The summed E-state index contributed by atoms with van der Waals surface area (Å²) in [5.41, 5.74) is 5.00. The first-order chi connectivity index (χ1) is 17.2. The predicted octanol–water partition coefficient (Wildman–Crippen LogP) is 7.70. The Kier molecular flexibility index (Phi) is 6.80. The van der Waals surface area contributed by atoms with Gasteiger partial charge in [-0.2, -0.15) is 0 Å². The summed E-state index contributed by atoms with van der Waals surface area (Å²) in [6, 6.07) is 41.6. The van der Waals surface area contributed by atoms with Crippen molar-refractivity contribution in [3.63, 3.8) is 0 Å². The van der Waals surface area contributed by atoms with Crippen LogP contribution >= 0.6 is 7.92 Å². The molecule has 1 nitrogen and oxygen atoms in total. The molecule has 5 aromatic carbocycles. The van der Waals surface area contributed by atoms with Crippen LogP contribution in [0.15, 0.2) is 121 Å². The second-order valence-corrected chi connectivity index (χ2v) is 10.7. The average molecular weight is 473 g/mol. The third-order valence-corrected chi connectivity index (χ3v) is 9.03. The summed E-state index contributed by atoms with van der Waals surface area (Å²) < 4.78 is 5.85. The number of methoxy groups -OCH3 is 1. The molecular weight excluding hydrogens is 443 g/mol. The lowest BCUT2D eigenvalue weighted by atomic mass is 9.89. The number of hydrogen-bond acceptors (Lipinski definition) is 1. The second-order valence-electron chi connectivity index (χ2n) is 8.54. The molecular formula is C33H29OP. The van der Waals surface area contributed by atoms with Gasteiger partial charge in [-0.05, 0) is 71.4 Å². The Morgan fingerprint density at radius 2 is 1.23 bits per heavy atom. The van der Waals surface area contributed by atoms with E-state index < -0.39 is 7.92 Å². The minimum absolute atomic E-state index is 0.744. The van der Waals surface area contributed by atoms with Crippen LogP contribution in [-0.2, 0) is 0 Å². The molecule has 0 fully saturated rings. The van der Waals surface area contributed by atoms with Crippen LogP contribution in [0.25, 0.3) is 27.5 Å². The van der Waals surface area contributed by atoms with E-state index >= 15 is 0 Å². The fourth-order valence-corrected chi connectivity index (χ4v) is 7.19. The van der Waals surface area contributed by atoms with Gasteiger partial charge in [-0.15, -0.1) is 0 Å². The Morgan fingerprint density at radius 1 is 0.686 bits per heavy atom. The highest BCUT2D eigenvalue weighted by Gasteiger charge is 2.23. The zero-order valence-corrected chi connectivity index (χ0v) is 21.3. The zero-order chi connectivity index (χ0) is 24.2. The molecule has 172 valence electrons. The predicted molar refractivity (Wildman–Crippen MR) is 154 cm³/mol. The summed E-state index contributed by atoms with van der Waals surface area (Å²) in [4.78, 5) is 0. The Hall–Kier alpha value is -3.67. The molecule has 0 unspecified atom stereocenters. The third kappa shape index (κ3) is 4.41. The first kappa shape index (κ1) is 23.1. The van der Waals surface area contributed by atoms with Crippen molar-refractivity contribution in [2.45, 2.75) is 13.8 Å². The zero-order valence-electron chi connectivity index (χ0n) is 20.4. The van der Waals surface area contributed by atoms with E-state index in [4.69, 9.17) is 4.74 Å². The minimum atomic E-state index is -0.744. The summed E-state index contributed by atoms with van der Waals surface area (Å²) >= 11 is 0. The van der Waals surface area contributed by atoms with Crippen LogP contribution in [0.2, 0.25) is 0 Å². The maximum absolute atomic E-state index is 5.85. The van der Waals surface area contributed by atoms with E-state index in [2.05, 4.69) is 135 Å². The fourth-order valence-electron chi connectivity index (χ4n) is 4.73. The summed E-state index contributed by atoms with van der Waals surface area (Å²) in [7, 11) is 1.01. The topological polar surface area (TPSA) is 9.23 Å². The van der Waals surface area contributed by atoms with Gasteiger partial charge in [-0.3, -0.25) is 0 Å². The van der Waals surface area contributed by atoms with Gasteiger partial charge in [-0.25, -0.2) is 0 Å². The standard InChI is InChI=1S/C33H29OP/c1-4-24(2)30-23-31(34-3)27-19-11-12-20-28(27)33(30)29-21-13-14-22-32(29)35(25-15-7-5-8-16-25)26-17-9-6-10-18-26/h4-23H,1-3H3. The van der Waals surface area contributed by atoms with Gasteiger partial charge in [0.1, 0.15) is 5.75 Å². The normalized spacial score (nSPS) is 11.7. The molecule has 0 aliphatic rings. The van der Waals surface area contributed by atoms with E-state index in [1.165, 1.54) is 43.6 Å². The van der Waals surface area contributed by atoms with Crippen molar-refractivity contribution >= 4 is 40.2 Å². The first-order valence-corrected chi connectivity index (χ1v) is 13.3. The van der Waals surface area contributed by atoms with E-state index in [0.29, 0.717) is 0 Å². The van der Waals surface area contributed by atoms with Gasteiger partial charge >= 0.3 is 0 Å². The van der Waals surface area contributed by atoms with E-state index in [1.807, 2.05) is 0 Å². The van der Waals surface area contributed by atoms with Gasteiger partial charge in [0, 0.05) is 5.39 Å². The third-order valence-electron chi connectivity index (χ3n) is 6.53. The molecule has 5 aromatic rings. The van der Waals surface area contributed by atoms with Crippen LogP contribution in [0.3, 0.4) is 0 Å². The number of ether oxygens (including phenoxy) is 1. The van der Waals surface area contributed by atoms with Crippen molar-refractivity contribution < 1.29 is 4.74 Å². The molecule has 0 saturated heterocycles. The largest absolute Gasteiger partial charge is 0.496 e. The molecule has 0 bridgehead atoms. The molecule has 0 aromatic heterocycles. The maximum atomic E-state index is 5.85. The van der Waals surface area contributed by atoms with Gasteiger partial charge in [0.05, 0.1) is 7.11 Å². The molecule has 0 saturated carbocycles. The van der Waals surface area contributed by atoms with Crippen molar-refractivity contribution in [2.75, 3.05) is 7.11 Å².